The average Bonchev–Trinajstić information content (AvgIpc) is 2.35. The molecule has 1 aromatic rings. The van der Waals surface area contributed by atoms with Crippen molar-refractivity contribution in [2.24, 2.45) is 12.8 Å². The molecule has 0 radical (unpaired) electrons. The largest absolute Gasteiger partial charge is 0.401 e. The van der Waals surface area contributed by atoms with E-state index in [1.54, 1.807) is 24.0 Å². The number of aryl methyl sites for hydroxylation is 1. The van der Waals surface area contributed by atoms with Gasteiger partial charge in [-0.2, -0.15) is 9.49 Å². The van der Waals surface area contributed by atoms with Crippen molar-refractivity contribution < 1.29 is 4.39 Å². The van der Waals surface area contributed by atoms with Gasteiger partial charge in [-0.05, 0) is 0 Å². The number of aromatic nitrogens is 2. The minimum absolute atomic E-state index is 0.437. The third-order valence-electron chi connectivity index (χ3n) is 1.11. The molecule has 1 aromatic heterocycles. The number of hydrogen-bond acceptors (Lipinski definition) is 3. The fraction of sp³-hybridized carbons (Fsp3) is 0.167. The van der Waals surface area contributed by atoms with Gasteiger partial charge in [0, 0.05) is 25.5 Å². The zero-order valence-corrected chi connectivity index (χ0v) is 6.08. The lowest BCUT2D eigenvalue weighted by Gasteiger charge is -1.95. The molecule has 0 unspecified atom stereocenters. The molecule has 0 aliphatic heterocycles. The van der Waals surface area contributed by atoms with Crippen molar-refractivity contribution in [3.8, 4) is 0 Å². The molecule has 0 aliphatic rings. The summed E-state index contributed by atoms with van der Waals surface area (Å²) in [4.78, 5) is 0. The first-order chi connectivity index (χ1) is 5.22. The number of nitrogens with one attached hydrogen (secondary N) is 1. The number of hydrogen-bond donors (Lipinski definition) is 2. The lowest BCUT2D eigenvalue weighted by Crippen LogP contribution is -1.98. The van der Waals surface area contributed by atoms with Crippen molar-refractivity contribution in [2.75, 3.05) is 5.32 Å². The van der Waals surface area contributed by atoms with E-state index in [9.17, 15) is 4.39 Å². The van der Waals surface area contributed by atoms with Gasteiger partial charge in [-0.15, -0.1) is 0 Å². The van der Waals surface area contributed by atoms with Crippen LogP contribution in [0.5, 0.6) is 0 Å². The molecule has 60 valence electrons. The van der Waals surface area contributed by atoms with Crippen molar-refractivity contribution >= 4 is 5.82 Å². The number of nitrogens with zero attached hydrogens (tertiary/aromatic N) is 2. The molecule has 0 saturated carbocycles. The monoisotopic (exact) mass is 156 g/mol. The van der Waals surface area contributed by atoms with Crippen molar-refractivity contribution in [2.45, 2.75) is 0 Å². The van der Waals surface area contributed by atoms with E-state index in [1.807, 2.05) is 0 Å². The van der Waals surface area contributed by atoms with Crippen LogP contribution >= 0.6 is 0 Å². The van der Waals surface area contributed by atoms with Crippen LogP contribution < -0.4 is 11.1 Å². The fourth-order valence-electron chi connectivity index (χ4n) is 0.646. The van der Waals surface area contributed by atoms with E-state index in [0.717, 1.165) is 6.20 Å². The molecule has 0 saturated heterocycles. The highest BCUT2D eigenvalue weighted by Crippen LogP contribution is 2.04. The van der Waals surface area contributed by atoms with Gasteiger partial charge in [0.1, 0.15) is 0 Å². The van der Waals surface area contributed by atoms with Gasteiger partial charge in [-0.3, -0.25) is 4.68 Å². The van der Waals surface area contributed by atoms with Crippen LogP contribution in [0.25, 0.3) is 0 Å². The molecule has 1 heterocycles. The summed E-state index contributed by atoms with van der Waals surface area (Å²) in [6.07, 6.45) is 2.54. The van der Waals surface area contributed by atoms with Gasteiger partial charge in [-0.1, -0.05) is 0 Å². The van der Waals surface area contributed by atoms with E-state index in [0.29, 0.717) is 5.82 Å². The minimum Gasteiger partial charge on any atom is -0.401 e. The van der Waals surface area contributed by atoms with Crippen molar-refractivity contribution in [1.29, 1.82) is 0 Å². The summed E-state index contributed by atoms with van der Waals surface area (Å²) in [6, 6.07) is 1.64. The van der Waals surface area contributed by atoms with Crippen LogP contribution in [0.2, 0.25) is 0 Å². The molecule has 0 bridgehead atoms. The highest BCUT2D eigenvalue weighted by molar-refractivity contribution is 5.37. The van der Waals surface area contributed by atoms with E-state index >= 15 is 0 Å². The van der Waals surface area contributed by atoms with Crippen LogP contribution in [0.15, 0.2) is 24.4 Å². The minimum atomic E-state index is -0.608. The Labute approximate surface area is 63.5 Å². The van der Waals surface area contributed by atoms with Crippen LogP contribution in [-0.4, -0.2) is 9.78 Å². The summed E-state index contributed by atoms with van der Waals surface area (Å²) in [6.45, 7) is 0. The molecular weight excluding hydrogens is 147 g/mol. The smallest absolute Gasteiger partial charge is 0.208 e. The fourth-order valence-corrected chi connectivity index (χ4v) is 0.646. The Morgan fingerprint density at radius 1 is 1.91 bits per heavy atom. The van der Waals surface area contributed by atoms with Crippen molar-refractivity contribution in [3.63, 3.8) is 0 Å². The standard InChI is InChI=1S/C6H9FN4/c1-11-3-2-6(10-11)9-5(7)4-8/h2-4H,8H2,1H3,(H,9,10)/b5-4-. The molecule has 1 rings (SSSR count). The molecule has 4 nitrogen and oxygen atoms in total. The maximum atomic E-state index is 12.4. The van der Waals surface area contributed by atoms with Crippen LogP contribution in [0.1, 0.15) is 0 Å². The molecule has 0 amide bonds. The van der Waals surface area contributed by atoms with E-state index in [2.05, 4.69) is 10.4 Å². The SMILES string of the molecule is Cn1ccc(N/C(F)=C\N)n1. The summed E-state index contributed by atoms with van der Waals surface area (Å²) in [5.74, 6) is -0.171. The number of rotatable bonds is 2. The summed E-state index contributed by atoms with van der Waals surface area (Å²) in [5.41, 5.74) is 4.89. The summed E-state index contributed by atoms with van der Waals surface area (Å²) < 4.78 is 14.0. The summed E-state index contributed by atoms with van der Waals surface area (Å²) in [7, 11) is 1.75. The Balaban J connectivity index is 2.65. The van der Waals surface area contributed by atoms with Gasteiger partial charge in [-0.25, -0.2) is 0 Å². The summed E-state index contributed by atoms with van der Waals surface area (Å²) >= 11 is 0. The first kappa shape index (κ1) is 7.59. The quantitative estimate of drug-likeness (QED) is 0.615. The normalized spacial score (nSPS) is 11.6. The average molecular weight is 156 g/mol. The lowest BCUT2D eigenvalue weighted by atomic mass is 10.6. The van der Waals surface area contributed by atoms with Gasteiger partial charge in [0.2, 0.25) is 5.95 Å². The van der Waals surface area contributed by atoms with Crippen molar-refractivity contribution in [3.05, 3.63) is 24.4 Å². The predicted molar refractivity (Wildman–Crippen MR) is 40.2 cm³/mol. The zero-order chi connectivity index (χ0) is 8.27. The highest BCUT2D eigenvalue weighted by atomic mass is 19.1. The second kappa shape index (κ2) is 3.05. The Kier molecular flexibility index (Phi) is 2.10. The number of anilines is 1. The molecular formula is C6H9FN4. The Morgan fingerprint density at radius 3 is 3.09 bits per heavy atom. The first-order valence-electron chi connectivity index (χ1n) is 3.06. The number of nitrogens with two attached hydrogens (primary N) is 1. The van der Waals surface area contributed by atoms with Crippen LogP contribution in [0.4, 0.5) is 10.2 Å². The molecule has 5 heteroatoms. The van der Waals surface area contributed by atoms with Crippen LogP contribution in [0.3, 0.4) is 0 Å². The van der Waals surface area contributed by atoms with E-state index in [-0.39, 0.29) is 0 Å². The van der Waals surface area contributed by atoms with Gasteiger partial charge in [0.15, 0.2) is 5.82 Å². The third-order valence-corrected chi connectivity index (χ3v) is 1.11. The second-order valence-electron chi connectivity index (χ2n) is 2.01. The van der Waals surface area contributed by atoms with Gasteiger partial charge < -0.3 is 11.1 Å². The topological polar surface area (TPSA) is 55.9 Å². The third kappa shape index (κ3) is 1.96. The highest BCUT2D eigenvalue weighted by Gasteiger charge is 1.96. The van der Waals surface area contributed by atoms with E-state index < -0.39 is 5.95 Å². The predicted octanol–water partition coefficient (Wildman–Crippen LogP) is 0.559. The molecule has 11 heavy (non-hydrogen) atoms. The maximum Gasteiger partial charge on any atom is 0.208 e. The first-order valence-corrected chi connectivity index (χ1v) is 3.06. The van der Waals surface area contributed by atoms with Gasteiger partial charge >= 0.3 is 0 Å². The molecule has 0 atom stereocenters. The lowest BCUT2D eigenvalue weighted by molar-refractivity contribution is 0.640. The summed E-state index contributed by atoms with van der Waals surface area (Å²) in [5, 5.41) is 6.22. The Morgan fingerprint density at radius 2 is 2.64 bits per heavy atom. The van der Waals surface area contributed by atoms with E-state index in [4.69, 9.17) is 5.73 Å². The number of halogens is 1. The molecule has 0 aliphatic carbocycles. The molecule has 3 N–H and O–H groups in total. The van der Waals surface area contributed by atoms with Crippen LogP contribution in [0, 0.1) is 0 Å². The van der Waals surface area contributed by atoms with Gasteiger partial charge in [0.25, 0.3) is 0 Å². The van der Waals surface area contributed by atoms with Crippen molar-refractivity contribution in [1.82, 2.24) is 9.78 Å². The zero-order valence-electron chi connectivity index (χ0n) is 6.08. The molecule has 0 aromatic carbocycles. The molecule has 0 spiro atoms. The maximum absolute atomic E-state index is 12.4. The Hall–Kier alpha value is -1.52. The Bertz CT molecular complexity index is 265. The van der Waals surface area contributed by atoms with Crippen LogP contribution in [-0.2, 0) is 7.05 Å². The molecule has 0 fully saturated rings. The second-order valence-corrected chi connectivity index (χ2v) is 2.01. The van der Waals surface area contributed by atoms with E-state index in [1.165, 1.54) is 0 Å². The van der Waals surface area contributed by atoms with Gasteiger partial charge in [0.05, 0.1) is 0 Å².